The highest BCUT2D eigenvalue weighted by Crippen LogP contribution is 2.36. The summed E-state index contributed by atoms with van der Waals surface area (Å²) < 4.78 is 19.1. The summed E-state index contributed by atoms with van der Waals surface area (Å²) in [5, 5.41) is 3.07. The second-order valence-corrected chi connectivity index (χ2v) is 11.9. The second kappa shape index (κ2) is 11.3. The van der Waals surface area contributed by atoms with Gasteiger partial charge < -0.3 is 10.1 Å². The Morgan fingerprint density at radius 2 is 1.68 bits per heavy atom. The molecule has 0 bridgehead atoms. The van der Waals surface area contributed by atoms with E-state index < -0.39 is 11.7 Å². The molecule has 5 nitrogen and oxygen atoms in total. The van der Waals surface area contributed by atoms with E-state index in [-0.39, 0.29) is 23.7 Å². The van der Waals surface area contributed by atoms with Crippen LogP contribution in [0.25, 0.3) is 0 Å². The zero-order valence-corrected chi connectivity index (χ0v) is 22.4. The Balaban J connectivity index is 2.48. The lowest BCUT2D eigenvalue weighted by atomic mass is 9.92. The van der Waals surface area contributed by atoms with Crippen LogP contribution in [0.4, 0.5) is 20.6 Å². The van der Waals surface area contributed by atoms with E-state index in [1.165, 1.54) is 12.1 Å². The maximum Gasteiger partial charge on any atom is 0.415 e. The summed E-state index contributed by atoms with van der Waals surface area (Å²) in [6.45, 7) is 15.7. The minimum atomic E-state index is -0.672. The van der Waals surface area contributed by atoms with Crippen molar-refractivity contribution >= 4 is 35.1 Å². The molecule has 0 saturated heterocycles. The average Bonchev–Trinajstić information content (AvgIpc) is 2.67. The molecule has 0 aromatic heterocycles. The highest BCUT2D eigenvalue weighted by molar-refractivity contribution is 7.99. The predicted octanol–water partition coefficient (Wildman–Crippen LogP) is 7.56. The molecule has 2 aromatic carbocycles. The summed E-state index contributed by atoms with van der Waals surface area (Å²) in [4.78, 5) is 28.3. The van der Waals surface area contributed by atoms with Gasteiger partial charge in [0.1, 0.15) is 11.4 Å². The van der Waals surface area contributed by atoms with Crippen LogP contribution < -0.4 is 10.2 Å². The molecule has 0 aliphatic heterocycles. The van der Waals surface area contributed by atoms with Crippen molar-refractivity contribution in [2.24, 2.45) is 5.41 Å². The van der Waals surface area contributed by atoms with E-state index in [2.05, 4.69) is 5.32 Å². The predicted molar refractivity (Wildman–Crippen MR) is 139 cm³/mol. The molecule has 0 fully saturated rings. The first-order valence-electron chi connectivity index (χ1n) is 11.5. The molecule has 0 aliphatic carbocycles. The number of halogens is 1. The van der Waals surface area contributed by atoms with Gasteiger partial charge >= 0.3 is 6.09 Å². The maximum absolute atomic E-state index is 13.4. The SMILES string of the molecule is CCSc1cc(N(Cc2ccc(F)cc2)C(=O)OC(C)(C)C)cc(C)c1NC(=O)CC(C)(C)C. The van der Waals surface area contributed by atoms with Crippen LogP contribution in [0.3, 0.4) is 0 Å². The van der Waals surface area contributed by atoms with Crippen molar-refractivity contribution in [3.8, 4) is 0 Å². The molecule has 0 saturated carbocycles. The molecule has 186 valence electrons. The van der Waals surface area contributed by atoms with E-state index in [9.17, 15) is 14.0 Å². The Morgan fingerprint density at radius 1 is 1.06 bits per heavy atom. The first-order chi connectivity index (χ1) is 15.7. The Morgan fingerprint density at radius 3 is 2.21 bits per heavy atom. The number of thioether (sulfide) groups is 1. The minimum Gasteiger partial charge on any atom is -0.443 e. The highest BCUT2D eigenvalue weighted by atomic mass is 32.2. The number of aryl methyl sites for hydroxylation is 1. The van der Waals surface area contributed by atoms with E-state index in [1.807, 2.05) is 67.5 Å². The molecule has 1 N–H and O–H groups in total. The Hall–Kier alpha value is -2.54. The second-order valence-electron chi connectivity index (χ2n) is 10.5. The molecule has 2 rings (SSSR count). The molecule has 0 aliphatic rings. The van der Waals surface area contributed by atoms with Crippen molar-refractivity contribution in [3.63, 3.8) is 0 Å². The highest BCUT2D eigenvalue weighted by Gasteiger charge is 2.26. The number of carbonyl (C=O) groups excluding carboxylic acids is 2. The lowest BCUT2D eigenvalue weighted by Crippen LogP contribution is -2.36. The molecule has 2 amide bonds. The lowest BCUT2D eigenvalue weighted by Gasteiger charge is -2.29. The Kier molecular flexibility index (Phi) is 9.17. The van der Waals surface area contributed by atoms with Crippen LogP contribution in [0.1, 0.15) is 66.0 Å². The number of nitrogens with one attached hydrogen (secondary N) is 1. The summed E-state index contributed by atoms with van der Waals surface area (Å²) in [5.41, 5.74) is 2.24. The van der Waals surface area contributed by atoms with Crippen molar-refractivity contribution in [1.82, 2.24) is 0 Å². The molecular weight excluding hydrogens is 451 g/mol. The van der Waals surface area contributed by atoms with Crippen molar-refractivity contribution in [3.05, 3.63) is 53.3 Å². The monoisotopic (exact) mass is 488 g/mol. The third-order valence-corrected chi connectivity index (χ3v) is 5.64. The molecule has 34 heavy (non-hydrogen) atoms. The van der Waals surface area contributed by atoms with Gasteiger partial charge in [0.25, 0.3) is 0 Å². The van der Waals surface area contributed by atoms with Crippen LogP contribution in [-0.2, 0) is 16.1 Å². The molecule has 0 unspecified atom stereocenters. The fourth-order valence-corrected chi connectivity index (χ4v) is 4.21. The van der Waals surface area contributed by atoms with Crippen molar-refractivity contribution < 1.29 is 18.7 Å². The number of hydrogen-bond acceptors (Lipinski definition) is 4. The number of nitrogens with zero attached hydrogens (tertiary/aromatic N) is 1. The summed E-state index contributed by atoms with van der Waals surface area (Å²) in [6.07, 6.45) is -0.0906. The van der Waals surface area contributed by atoms with Crippen LogP contribution in [-0.4, -0.2) is 23.4 Å². The fourth-order valence-electron chi connectivity index (χ4n) is 3.34. The van der Waals surface area contributed by atoms with Crippen LogP contribution in [0.2, 0.25) is 0 Å². The van der Waals surface area contributed by atoms with Gasteiger partial charge in [-0.2, -0.15) is 0 Å². The molecule has 7 heteroatoms. The third kappa shape index (κ3) is 8.67. The van der Waals surface area contributed by atoms with Gasteiger partial charge in [-0.25, -0.2) is 9.18 Å². The molecule has 0 radical (unpaired) electrons. The number of rotatable bonds is 7. The van der Waals surface area contributed by atoms with Gasteiger partial charge in [-0.15, -0.1) is 11.8 Å². The van der Waals surface area contributed by atoms with Crippen LogP contribution >= 0.6 is 11.8 Å². The summed E-state index contributed by atoms with van der Waals surface area (Å²) in [5.74, 6) is 0.423. The third-order valence-electron chi connectivity index (χ3n) is 4.72. The summed E-state index contributed by atoms with van der Waals surface area (Å²) >= 11 is 1.60. The zero-order chi connectivity index (χ0) is 25.7. The normalized spacial score (nSPS) is 11.8. The van der Waals surface area contributed by atoms with Crippen molar-refractivity contribution in [2.75, 3.05) is 16.0 Å². The number of hydrogen-bond donors (Lipinski definition) is 1. The average molecular weight is 489 g/mol. The van der Waals surface area contributed by atoms with E-state index in [1.54, 1.807) is 28.8 Å². The molecule has 0 heterocycles. The summed E-state index contributed by atoms with van der Waals surface area (Å²) in [7, 11) is 0. The van der Waals surface area contributed by atoms with Crippen LogP contribution in [0, 0.1) is 18.2 Å². The largest absolute Gasteiger partial charge is 0.443 e. The van der Waals surface area contributed by atoms with E-state index in [0.717, 1.165) is 27.5 Å². The molecular formula is C27H37FN2O3S. The minimum absolute atomic E-state index is 0.0448. The number of ether oxygens (including phenoxy) is 1. The van der Waals surface area contributed by atoms with Gasteiger partial charge in [-0.05, 0) is 74.3 Å². The van der Waals surface area contributed by atoms with E-state index in [4.69, 9.17) is 4.74 Å². The molecule has 0 spiro atoms. The molecule has 0 atom stereocenters. The van der Waals surface area contributed by atoms with Crippen LogP contribution in [0.5, 0.6) is 0 Å². The van der Waals surface area contributed by atoms with E-state index in [0.29, 0.717) is 12.1 Å². The fraction of sp³-hybridized carbons (Fsp3) is 0.481. The first-order valence-corrected chi connectivity index (χ1v) is 12.5. The van der Waals surface area contributed by atoms with Gasteiger partial charge in [0.15, 0.2) is 0 Å². The Labute approximate surface area is 207 Å². The standard InChI is InChI=1S/C27H37FN2O3S/c1-9-34-22-15-21(14-18(2)24(22)29-23(31)16-26(3,4)5)30(25(32)33-27(6,7)8)17-19-10-12-20(28)13-11-19/h10-15H,9,16-17H2,1-8H3,(H,29,31). The van der Waals surface area contributed by atoms with Gasteiger partial charge in [0.2, 0.25) is 5.91 Å². The number of carbonyl (C=O) groups is 2. The summed E-state index contributed by atoms with van der Waals surface area (Å²) in [6, 6.07) is 9.84. The van der Waals surface area contributed by atoms with Crippen LogP contribution in [0.15, 0.2) is 41.3 Å². The maximum atomic E-state index is 13.4. The van der Waals surface area contributed by atoms with Crippen molar-refractivity contribution in [1.29, 1.82) is 0 Å². The van der Waals surface area contributed by atoms with Gasteiger partial charge in [0, 0.05) is 17.0 Å². The zero-order valence-electron chi connectivity index (χ0n) is 21.5. The molecule has 2 aromatic rings. The number of amides is 2. The van der Waals surface area contributed by atoms with Gasteiger partial charge in [-0.1, -0.05) is 39.8 Å². The van der Waals surface area contributed by atoms with Gasteiger partial charge in [0.05, 0.1) is 12.2 Å². The Bertz CT molecular complexity index is 1010. The smallest absolute Gasteiger partial charge is 0.415 e. The van der Waals surface area contributed by atoms with Crippen molar-refractivity contribution in [2.45, 2.75) is 78.9 Å². The van der Waals surface area contributed by atoms with Gasteiger partial charge in [-0.3, -0.25) is 9.69 Å². The number of benzene rings is 2. The van der Waals surface area contributed by atoms with E-state index >= 15 is 0 Å². The lowest BCUT2D eigenvalue weighted by molar-refractivity contribution is -0.117. The quantitative estimate of drug-likeness (QED) is 0.409. The first kappa shape index (κ1) is 27.7. The number of anilines is 2. The topological polar surface area (TPSA) is 58.6 Å².